The zero-order chi connectivity index (χ0) is 24.1. The van der Waals surface area contributed by atoms with Crippen LogP contribution in [0.2, 0.25) is 0 Å². The van der Waals surface area contributed by atoms with Crippen LogP contribution in [0.1, 0.15) is 21.5 Å². The van der Waals surface area contributed by atoms with Crippen LogP contribution >= 0.6 is 22.6 Å². The fraction of sp³-hybridized carbons (Fsp3) is 0.0870. The quantitative estimate of drug-likeness (QED) is 0.0821. The van der Waals surface area contributed by atoms with Crippen molar-refractivity contribution in [2.75, 3.05) is 17.7 Å². The molecule has 1 amide bonds. The van der Waals surface area contributed by atoms with Gasteiger partial charge in [-0.1, -0.05) is 18.2 Å². The van der Waals surface area contributed by atoms with Gasteiger partial charge in [-0.25, -0.2) is 23.0 Å². The van der Waals surface area contributed by atoms with Gasteiger partial charge in [0.1, 0.15) is 11.6 Å². The molecule has 33 heavy (non-hydrogen) atoms. The highest BCUT2D eigenvalue weighted by Crippen LogP contribution is 2.32. The van der Waals surface area contributed by atoms with Crippen LogP contribution in [0, 0.1) is 26.8 Å². The maximum absolute atomic E-state index is 15.1. The Kier molecular flexibility index (Phi) is 7.92. The largest absolute Gasteiger partial charge is 0.396 e. The Bertz CT molecular complexity index is 1220. The number of hydrogen-bond donors (Lipinski definition) is 3. The van der Waals surface area contributed by atoms with Gasteiger partial charge in [0.05, 0.1) is 29.2 Å². The number of amides is 1. The van der Waals surface area contributed by atoms with Gasteiger partial charge in [-0.05, 0) is 64.0 Å². The van der Waals surface area contributed by atoms with E-state index in [9.17, 15) is 18.0 Å². The van der Waals surface area contributed by atoms with Gasteiger partial charge in [0.25, 0.3) is 5.91 Å². The van der Waals surface area contributed by atoms with E-state index in [-0.39, 0.29) is 41.1 Å². The number of carbonyl (C=O) groups excluding carboxylic acids is 1. The summed E-state index contributed by atoms with van der Waals surface area (Å²) < 4.78 is 59.3. The summed E-state index contributed by atoms with van der Waals surface area (Å²) >= 11 is 1.89. The zero-order valence-corrected chi connectivity index (χ0v) is 19.2. The monoisotopic (exact) mass is 571 g/mol. The molecule has 0 radical (unpaired) electrons. The molecule has 0 bridgehead atoms. The molecule has 0 unspecified atom stereocenters. The third-order valence-corrected chi connectivity index (χ3v) is 5.24. The van der Waals surface area contributed by atoms with Crippen molar-refractivity contribution < 1.29 is 27.2 Å². The predicted octanol–water partition coefficient (Wildman–Crippen LogP) is 5.61. The Labute approximate surface area is 200 Å². The predicted molar refractivity (Wildman–Crippen MR) is 126 cm³/mol. The molecular formula is C23H18F4IN3O2. The normalized spacial score (nSPS) is 10.7. The van der Waals surface area contributed by atoms with Gasteiger partial charge >= 0.3 is 0 Å². The Hall–Kier alpha value is -3.12. The molecule has 0 aliphatic heterocycles. The van der Waals surface area contributed by atoms with E-state index in [0.717, 1.165) is 6.07 Å². The highest BCUT2D eigenvalue weighted by molar-refractivity contribution is 14.1. The summed E-state index contributed by atoms with van der Waals surface area (Å²) in [7, 11) is 0. The molecule has 4 N–H and O–H groups in total. The Morgan fingerprint density at radius 1 is 1.06 bits per heavy atom. The average molecular weight is 571 g/mol. The van der Waals surface area contributed by atoms with E-state index in [1.165, 1.54) is 36.4 Å². The summed E-state index contributed by atoms with van der Waals surface area (Å²) in [5.41, 5.74) is 6.01. The molecule has 0 saturated heterocycles. The molecule has 5 nitrogen and oxygen atoms in total. The molecule has 0 saturated carbocycles. The van der Waals surface area contributed by atoms with E-state index in [1.807, 2.05) is 22.6 Å². The molecule has 0 aliphatic rings. The lowest BCUT2D eigenvalue weighted by molar-refractivity contribution is 0.0422. The molecule has 3 aromatic carbocycles. The standard InChI is InChI=1S/C23H18F4IN3O2/c1-2-8-33-31-23(32)15-10-13(9-12-4-3-5-17(29)19(12)25)20(26)21(27)22(15)30-18-7-6-14(28)11-16(18)24/h2-7,10-11,30H,1,8-9,29H2,(H,31,32). The average Bonchev–Trinajstić information content (AvgIpc) is 2.78. The SMILES string of the molecule is C=CCONC(=O)c1cc(Cc2cccc(N)c2F)c(F)c(F)c1Nc1ccc(I)cc1F. The molecule has 0 aromatic heterocycles. The fourth-order valence-corrected chi connectivity index (χ4v) is 3.45. The van der Waals surface area contributed by atoms with Crippen molar-refractivity contribution in [3.05, 3.63) is 98.6 Å². The third kappa shape index (κ3) is 5.63. The van der Waals surface area contributed by atoms with Gasteiger partial charge in [0, 0.05) is 9.99 Å². The van der Waals surface area contributed by atoms with E-state index in [4.69, 9.17) is 10.6 Å². The minimum atomic E-state index is -1.44. The Balaban J connectivity index is 2.09. The summed E-state index contributed by atoms with van der Waals surface area (Å²) in [6.45, 7) is 3.39. The molecule has 0 spiro atoms. The second-order valence-electron chi connectivity index (χ2n) is 6.86. The topological polar surface area (TPSA) is 76.4 Å². The molecule has 3 rings (SSSR count). The van der Waals surface area contributed by atoms with E-state index in [1.54, 1.807) is 6.07 Å². The number of nitrogen functional groups attached to an aromatic ring is 1. The van der Waals surface area contributed by atoms with E-state index < -0.39 is 34.9 Å². The Morgan fingerprint density at radius 2 is 1.82 bits per heavy atom. The number of nitrogens with two attached hydrogens (primary N) is 1. The van der Waals surface area contributed by atoms with Gasteiger partial charge < -0.3 is 11.1 Å². The van der Waals surface area contributed by atoms with E-state index in [0.29, 0.717) is 3.57 Å². The number of halogens is 5. The lowest BCUT2D eigenvalue weighted by Crippen LogP contribution is -2.25. The van der Waals surface area contributed by atoms with E-state index >= 15 is 4.39 Å². The number of rotatable bonds is 8. The van der Waals surface area contributed by atoms with Crippen LogP contribution in [0.25, 0.3) is 0 Å². The summed E-state index contributed by atoms with van der Waals surface area (Å²) in [5, 5.41) is 2.44. The number of nitrogens with one attached hydrogen (secondary N) is 2. The van der Waals surface area contributed by atoms with Gasteiger partial charge in [0.15, 0.2) is 11.6 Å². The van der Waals surface area contributed by atoms with Gasteiger partial charge in [-0.15, -0.1) is 6.58 Å². The second-order valence-corrected chi connectivity index (χ2v) is 8.11. The van der Waals surface area contributed by atoms with Crippen LogP contribution in [0.5, 0.6) is 0 Å². The second kappa shape index (κ2) is 10.7. The lowest BCUT2D eigenvalue weighted by atomic mass is 9.99. The van der Waals surface area contributed by atoms with Crippen LogP contribution in [0.4, 0.5) is 34.6 Å². The minimum Gasteiger partial charge on any atom is -0.396 e. The first-order valence-electron chi connectivity index (χ1n) is 9.51. The van der Waals surface area contributed by atoms with Crippen LogP contribution in [-0.4, -0.2) is 12.5 Å². The fourth-order valence-electron chi connectivity index (χ4n) is 3.00. The van der Waals surface area contributed by atoms with Crippen molar-refractivity contribution in [1.82, 2.24) is 5.48 Å². The van der Waals surface area contributed by atoms with Crippen LogP contribution in [-0.2, 0) is 11.3 Å². The highest BCUT2D eigenvalue weighted by atomic mass is 127. The van der Waals surface area contributed by atoms with Crippen molar-refractivity contribution >= 4 is 45.6 Å². The number of hydrogen-bond acceptors (Lipinski definition) is 4. The smallest absolute Gasteiger partial charge is 0.277 e. The molecular weight excluding hydrogens is 553 g/mol. The molecule has 172 valence electrons. The highest BCUT2D eigenvalue weighted by Gasteiger charge is 2.24. The summed E-state index contributed by atoms with van der Waals surface area (Å²) in [5.74, 6) is -5.21. The van der Waals surface area contributed by atoms with Gasteiger partial charge in [-0.2, -0.15) is 0 Å². The molecule has 0 fully saturated rings. The van der Waals surface area contributed by atoms with Crippen LogP contribution in [0.15, 0.2) is 55.1 Å². The van der Waals surface area contributed by atoms with Crippen LogP contribution in [0.3, 0.4) is 0 Å². The molecule has 0 aliphatic carbocycles. The van der Waals surface area contributed by atoms with Crippen molar-refractivity contribution in [1.29, 1.82) is 0 Å². The molecule has 3 aromatic rings. The summed E-state index contributed by atoms with van der Waals surface area (Å²) in [4.78, 5) is 17.6. The number of anilines is 3. The Morgan fingerprint density at radius 3 is 2.52 bits per heavy atom. The van der Waals surface area contributed by atoms with Crippen molar-refractivity contribution in [2.24, 2.45) is 0 Å². The van der Waals surface area contributed by atoms with E-state index in [2.05, 4.69) is 17.4 Å². The van der Waals surface area contributed by atoms with Crippen LogP contribution < -0.4 is 16.5 Å². The maximum atomic E-state index is 15.1. The molecule has 0 heterocycles. The number of carbonyl (C=O) groups is 1. The first kappa shape index (κ1) is 24.5. The van der Waals surface area contributed by atoms with Gasteiger partial charge in [0.2, 0.25) is 0 Å². The number of benzene rings is 3. The number of hydroxylamine groups is 1. The van der Waals surface area contributed by atoms with Gasteiger partial charge in [-0.3, -0.25) is 9.63 Å². The van der Waals surface area contributed by atoms with Crippen molar-refractivity contribution in [3.8, 4) is 0 Å². The third-order valence-electron chi connectivity index (χ3n) is 4.57. The summed E-state index contributed by atoms with van der Waals surface area (Å²) in [6, 6.07) is 9.25. The first-order chi connectivity index (χ1) is 15.7. The zero-order valence-electron chi connectivity index (χ0n) is 17.0. The maximum Gasteiger partial charge on any atom is 0.277 e. The van der Waals surface area contributed by atoms with Crippen molar-refractivity contribution in [2.45, 2.75) is 6.42 Å². The van der Waals surface area contributed by atoms with Crippen molar-refractivity contribution in [3.63, 3.8) is 0 Å². The minimum absolute atomic E-state index is 0.00644. The summed E-state index contributed by atoms with van der Waals surface area (Å²) in [6.07, 6.45) is 0.977. The molecule has 10 heteroatoms. The molecule has 0 atom stereocenters. The lowest BCUT2D eigenvalue weighted by Gasteiger charge is -2.17. The first-order valence-corrected chi connectivity index (χ1v) is 10.6.